The van der Waals surface area contributed by atoms with Gasteiger partial charge in [-0.2, -0.15) is 0 Å². The summed E-state index contributed by atoms with van der Waals surface area (Å²) in [5.41, 5.74) is 0.894. The molecule has 0 aliphatic carbocycles. The molecule has 8 heteroatoms. The maximum atomic E-state index is 13.7. The lowest BCUT2D eigenvalue weighted by Crippen LogP contribution is -2.40. The molecule has 0 atom stereocenters. The number of rotatable bonds is 7. The molecule has 28 heavy (non-hydrogen) atoms. The molecule has 5 nitrogen and oxygen atoms in total. The van der Waals surface area contributed by atoms with Crippen molar-refractivity contribution in [2.75, 3.05) is 25.0 Å². The van der Waals surface area contributed by atoms with Gasteiger partial charge in [0.05, 0.1) is 10.1 Å². The molecule has 1 fully saturated rings. The fourth-order valence-corrected chi connectivity index (χ4v) is 5.25. The number of anilines is 1. The number of sulfone groups is 1. The number of halogens is 2. The summed E-state index contributed by atoms with van der Waals surface area (Å²) in [5, 5.41) is 1.97. The van der Waals surface area contributed by atoms with E-state index >= 15 is 0 Å². The fourth-order valence-electron chi connectivity index (χ4n) is 3.47. The van der Waals surface area contributed by atoms with Crippen molar-refractivity contribution in [3.8, 4) is 0 Å². The zero-order valence-corrected chi connectivity index (χ0v) is 16.1. The number of nitrogens with one attached hydrogen (secondary N) is 1. The molecule has 1 saturated heterocycles. The van der Waals surface area contributed by atoms with E-state index < -0.39 is 26.7 Å². The summed E-state index contributed by atoms with van der Waals surface area (Å²) in [6.07, 6.45) is 1.93. The lowest BCUT2D eigenvalue weighted by molar-refractivity contribution is -0.105. The SMILES string of the molecule is O=CNc1cccc(S(=O)(=O)C2CCN(CCc3ccc(F)cc3F)CC2)c1. The molecule has 0 aromatic heterocycles. The van der Waals surface area contributed by atoms with Crippen LogP contribution in [0, 0.1) is 11.6 Å². The minimum atomic E-state index is -3.49. The first-order valence-electron chi connectivity index (χ1n) is 9.10. The Morgan fingerprint density at radius 3 is 2.54 bits per heavy atom. The van der Waals surface area contributed by atoms with Crippen LogP contribution in [-0.4, -0.2) is 44.6 Å². The van der Waals surface area contributed by atoms with Crippen LogP contribution in [0.5, 0.6) is 0 Å². The minimum Gasteiger partial charge on any atom is -0.329 e. The van der Waals surface area contributed by atoms with E-state index in [9.17, 15) is 22.0 Å². The summed E-state index contributed by atoms with van der Waals surface area (Å²) in [6, 6.07) is 9.80. The van der Waals surface area contributed by atoms with Gasteiger partial charge < -0.3 is 10.2 Å². The molecule has 1 N–H and O–H groups in total. The molecule has 2 aromatic carbocycles. The molecule has 0 spiro atoms. The number of hydrogen-bond acceptors (Lipinski definition) is 4. The molecule has 0 unspecified atom stereocenters. The molecule has 2 aromatic rings. The Bertz CT molecular complexity index is 942. The smallest absolute Gasteiger partial charge is 0.211 e. The summed E-state index contributed by atoms with van der Waals surface area (Å²) < 4.78 is 52.5. The third-order valence-electron chi connectivity index (χ3n) is 5.07. The quantitative estimate of drug-likeness (QED) is 0.716. The number of carbonyl (C=O) groups is 1. The molecule has 1 heterocycles. The first-order chi connectivity index (χ1) is 13.4. The van der Waals surface area contributed by atoms with Gasteiger partial charge in [-0.15, -0.1) is 0 Å². The molecular formula is C20H22F2N2O3S. The maximum absolute atomic E-state index is 13.7. The summed E-state index contributed by atoms with van der Waals surface area (Å²) in [4.78, 5) is 12.9. The third kappa shape index (κ3) is 4.74. The molecule has 0 saturated carbocycles. The van der Waals surface area contributed by atoms with Gasteiger partial charge in [-0.05, 0) is 62.2 Å². The van der Waals surface area contributed by atoms with E-state index in [4.69, 9.17) is 0 Å². The number of nitrogens with zero attached hydrogens (tertiary/aromatic N) is 1. The van der Waals surface area contributed by atoms with E-state index in [0.717, 1.165) is 6.07 Å². The zero-order valence-electron chi connectivity index (χ0n) is 15.3. The first kappa shape index (κ1) is 20.4. The highest BCUT2D eigenvalue weighted by Crippen LogP contribution is 2.26. The van der Waals surface area contributed by atoms with Gasteiger partial charge in [0.2, 0.25) is 6.41 Å². The highest BCUT2D eigenvalue weighted by atomic mass is 32.2. The van der Waals surface area contributed by atoms with Crippen LogP contribution in [0.15, 0.2) is 47.4 Å². The Kier molecular flexibility index (Phi) is 6.41. The number of hydrogen-bond donors (Lipinski definition) is 1. The average Bonchev–Trinajstić information content (AvgIpc) is 2.68. The largest absolute Gasteiger partial charge is 0.329 e. The van der Waals surface area contributed by atoms with Gasteiger partial charge in [0.15, 0.2) is 9.84 Å². The van der Waals surface area contributed by atoms with E-state index in [1.54, 1.807) is 12.1 Å². The molecule has 0 radical (unpaired) electrons. The fraction of sp³-hybridized carbons (Fsp3) is 0.350. The van der Waals surface area contributed by atoms with Crippen molar-refractivity contribution in [3.63, 3.8) is 0 Å². The monoisotopic (exact) mass is 408 g/mol. The Morgan fingerprint density at radius 1 is 1.11 bits per heavy atom. The second kappa shape index (κ2) is 8.79. The summed E-state index contributed by atoms with van der Waals surface area (Å²) >= 11 is 0. The second-order valence-corrected chi connectivity index (χ2v) is 9.09. The van der Waals surface area contributed by atoms with E-state index in [1.807, 2.05) is 0 Å². The summed E-state index contributed by atoms with van der Waals surface area (Å²) in [7, 11) is -3.49. The van der Waals surface area contributed by atoms with Crippen LogP contribution in [-0.2, 0) is 21.1 Å². The third-order valence-corrected chi connectivity index (χ3v) is 7.33. The number of benzene rings is 2. The molecule has 0 bridgehead atoms. The standard InChI is InChI=1S/C20H22F2N2O3S/c21-16-5-4-15(20(22)12-16)6-9-24-10-7-18(8-11-24)28(26,27)19-3-1-2-17(13-19)23-14-25/h1-5,12-14,18H,6-11H2,(H,23,25). The van der Waals surface area contributed by atoms with Crippen LogP contribution in [0.25, 0.3) is 0 Å². The van der Waals surface area contributed by atoms with Crippen LogP contribution in [0.3, 0.4) is 0 Å². The van der Waals surface area contributed by atoms with Gasteiger partial charge >= 0.3 is 0 Å². The average molecular weight is 408 g/mol. The number of amides is 1. The van der Waals surface area contributed by atoms with Crippen molar-refractivity contribution in [3.05, 3.63) is 59.7 Å². The Hall–Kier alpha value is -2.32. The molecule has 1 amide bonds. The van der Waals surface area contributed by atoms with Crippen LogP contribution < -0.4 is 5.32 Å². The Labute approximate surface area is 163 Å². The Morgan fingerprint density at radius 2 is 1.86 bits per heavy atom. The summed E-state index contributed by atoms with van der Waals surface area (Å²) in [6.45, 7) is 1.78. The van der Waals surface area contributed by atoms with Crippen molar-refractivity contribution < 1.29 is 22.0 Å². The van der Waals surface area contributed by atoms with Crippen molar-refractivity contribution >= 4 is 21.9 Å². The first-order valence-corrected chi connectivity index (χ1v) is 10.6. The molecular weight excluding hydrogens is 386 g/mol. The van der Waals surface area contributed by atoms with Gasteiger partial charge in [0.25, 0.3) is 0 Å². The second-order valence-electron chi connectivity index (χ2n) is 6.86. The molecule has 1 aliphatic heterocycles. The van der Waals surface area contributed by atoms with Crippen LogP contribution in [0.1, 0.15) is 18.4 Å². The Balaban J connectivity index is 1.58. The van der Waals surface area contributed by atoms with E-state index in [2.05, 4.69) is 10.2 Å². The minimum absolute atomic E-state index is 0.200. The van der Waals surface area contributed by atoms with Crippen molar-refractivity contribution in [2.24, 2.45) is 0 Å². The number of likely N-dealkylation sites (tertiary alicyclic amines) is 1. The highest BCUT2D eigenvalue weighted by molar-refractivity contribution is 7.92. The number of carbonyl (C=O) groups excluding carboxylic acids is 1. The summed E-state index contributed by atoms with van der Waals surface area (Å²) in [5.74, 6) is -1.15. The van der Waals surface area contributed by atoms with Gasteiger partial charge in [-0.1, -0.05) is 12.1 Å². The van der Waals surface area contributed by atoms with Gasteiger partial charge in [-0.25, -0.2) is 17.2 Å². The van der Waals surface area contributed by atoms with E-state index in [0.29, 0.717) is 56.6 Å². The van der Waals surface area contributed by atoms with Gasteiger partial charge in [0, 0.05) is 18.3 Å². The van der Waals surface area contributed by atoms with Gasteiger partial charge in [-0.3, -0.25) is 4.79 Å². The van der Waals surface area contributed by atoms with Crippen LogP contribution >= 0.6 is 0 Å². The molecule has 150 valence electrons. The van der Waals surface area contributed by atoms with Crippen molar-refractivity contribution in [1.82, 2.24) is 4.90 Å². The van der Waals surface area contributed by atoms with Crippen LogP contribution in [0.4, 0.5) is 14.5 Å². The van der Waals surface area contributed by atoms with E-state index in [1.165, 1.54) is 24.3 Å². The maximum Gasteiger partial charge on any atom is 0.211 e. The number of piperidine rings is 1. The zero-order chi connectivity index (χ0) is 20.1. The topological polar surface area (TPSA) is 66.5 Å². The van der Waals surface area contributed by atoms with Crippen molar-refractivity contribution in [1.29, 1.82) is 0 Å². The van der Waals surface area contributed by atoms with Crippen molar-refractivity contribution in [2.45, 2.75) is 29.4 Å². The molecule has 1 aliphatic rings. The molecule has 3 rings (SSSR count). The predicted octanol–water partition coefficient (Wildman–Crippen LogP) is 3.01. The highest BCUT2D eigenvalue weighted by Gasteiger charge is 2.31. The lowest BCUT2D eigenvalue weighted by Gasteiger charge is -2.31. The van der Waals surface area contributed by atoms with Gasteiger partial charge in [0.1, 0.15) is 11.6 Å². The lowest BCUT2D eigenvalue weighted by atomic mass is 10.1. The normalized spacial score (nSPS) is 16.1. The van der Waals surface area contributed by atoms with E-state index in [-0.39, 0.29) is 4.90 Å². The predicted molar refractivity (Wildman–Crippen MR) is 103 cm³/mol. The van der Waals surface area contributed by atoms with Crippen LogP contribution in [0.2, 0.25) is 0 Å².